The molecule has 1 aromatic heterocycles. The smallest absolute Gasteiger partial charge is 0.425 e. The number of nitrogens with zero attached hydrogens (tertiary/aromatic N) is 3. The van der Waals surface area contributed by atoms with Crippen LogP contribution in [0, 0.1) is 16.3 Å². The molecule has 0 saturated carbocycles. The summed E-state index contributed by atoms with van der Waals surface area (Å²) >= 11 is 5.21. The van der Waals surface area contributed by atoms with Gasteiger partial charge in [0.15, 0.2) is 11.0 Å². The fourth-order valence-corrected chi connectivity index (χ4v) is 6.62. The van der Waals surface area contributed by atoms with Gasteiger partial charge in [0.1, 0.15) is 48.9 Å². The zero-order valence-electron chi connectivity index (χ0n) is 16.4. The molecule has 3 rings (SSSR count). The van der Waals surface area contributed by atoms with Gasteiger partial charge in [-0.05, 0) is 12.2 Å². The van der Waals surface area contributed by atoms with Crippen LogP contribution in [-0.2, 0) is 36.3 Å². The standard InChI is InChI=1S/C11H17N6O13P3S/c12-2-26-1-4-7(28-32(22,23)30-33(24,25)29-31(19,20)21)6(18)10(27-4)17-9-5(16-11(17)34)8(13)14-3-15-9/h4,6-7,10,15,18H,1,3H2,(H2,13,14)(H,16,34)(H,22,23)(H,24,25)(H2,19,20,21)/t4-,6-,7-,10-/m1/s1. The lowest BCUT2D eigenvalue weighted by Crippen LogP contribution is -2.36. The summed E-state index contributed by atoms with van der Waals surface area (Å²) in [4.78, 5) is 43.1. The molecule has 190 valence electrons. The van der Waals surface area contributed by atoms with Gasteiger partial charge in [-0.3, -0.25) is 9.09 Å². The first-order valence-corrected chi connectivity index (χ1v) is 13.6. The average molecular weight is 566 g/mol. The van der Waals surface area contributed by atoms with Crippen molar-refractivity contribution in [3.8, 4) is 6.26 Å². The number of aliphatic imine (C=N–C) groups is 1. The van der Waals surface area contributed by atoms with E-state index in [2.05, 4.69) is 28.7 Å². The minimum Gasteiger partial charge on any atom is -0.425 e. The molecular weight excluding hydrogens is 549 g/mol. The number of rotatable bonds is 9. The van der Waals surface area contributed by atoms with Crippen molar-refractivity contribution in [2.24, 2.45) is 10.7 Å². The summed E-state index contributed by atoms with van der Waals surface area (Å²) in [6, 6.07) is 0. The van der Waals surface area contributed by atoms with Crippen molar-refractivity contribution in [2.75, 3.05) is 18.6 Å². The van der Waals surface area contributed by atoms with Crippen molar-refractivity contribution in [3.63, 3.8) is 0 Å². The van der Waals surface area contributed by atoms with Gasteiger partial charge in [-0.15, -0.1) is 0 Å². The average Bonchev–Trinajstić information content (AvgIpc) is 3.14. The van der Waals surface area contributed by atoms with Gasteiger partial charge in [0, 0.05) is 0 Å². The maximum Gasteiger partial charge on any atom is 0.490 e. The molecule has 0 radical (unpaired) electrons. The van der Waals surface area contributed by atoms with Crippen LogP contribution in [0.5, 0.6) is 0 Å². The molecule has 1 aromatic rings. The number of anilines is 1. The molecule has 0 aromatic carbocycles. The number of hydrogen-bond donors (Lipinski definition) is 8. The molecule has 1 fully saturated rings. The second-order valence-corrected chi connectivity index (χ2v) is 11.3. The molecule has 6 atom stereocenters. The Morgan fingerprint density at radius 3 is 2.56 bits per heavy atom. The monoisotopic (exact) mass is 566 g/mol. The number of phosphoric ester groups is 1. The number of imidazole rings is 1. The number of nitrogens with one attached hydrogen (secondary N) is 2. The van der Waals surface area contributed by atoms with E-state index in [4.69, 9.17) is 42.3 Å². The minimum absolute atomic E-state index is 0.0273. The molecule has 34 heavy (non-hydrogen) atoms. The number of aromatic amines is 1. The molecule has 0 spiro atoms. The third kappa shape index (κ3) is 6.11. The van der Waals surface area contributed by atoms with Crippen LogP contribution < -0.4 is 11.1 Å². The quantitative estimate of drug-likeness (QED) is 0.102. The van der Waals surface area contributed by atoms with E-state index < -0.39 is 54.6 Å². The first-order valence-electron chi connectivity index (χ1n) is 8.69. The van der Waals surface area contributed by atoms with Gasteiger partial charge in [0.25, 0.3) is 6.26 Å². The first kappa shape index (κ1) is 26.9. The van der Waals surface area contributed by atoms with Crippen molar-refractivity contribution < 1.29 is 61.0 Å². The molecule has 3 heterocycles. The van der Waals surface area contributed by atoms with Crippen LogP contribution in [0.2, 0.25) is 0 Å². The number of nitriles is 1. The van der Waals surface area contributed by atoms with Gasteiger partial charge < -0.3 is 50.2 Å². The van der Waals surface area contributed by atoms with Crippen LogP contribution in [0.25, 0.3) is 0 Å². The molecule has 19 nitrogen and oxygen atoms in total. The molecule has 2 aliphatic rings. The summed E-state index contributed by atoms with van der Waals surface area (Å²) in [6.45, 7) is -0.582. The lowest BCUT2D eigenvalue weighted by molar-refractivity contribution is -0.0525. The number of aliphatic hydroxyl groups is 1. The molecule has 2 aliphatic heterocycles. The molecule has 0 amide bonds. The highest BCUT2D eigenvalue weighted by Crippen LogP contribution is 2.67. The topological polar surface area (TPSA) is 293 Å². The number of H-pyrrole nitrogens is 1. The van der Waals surface area contributed by atoms with Crippen molar-refractivity contribution in [1.29, 1.82) is 5.26 Å². The largest absolute Gasteiger partial charge is 0.490 e. The number of nitrogens with two attached hydrogens (primary N) is 1. The van der Waals surface area contributed by atoms with Crippen LogP contribution >= 0.6 is 35.7 Å². The Kier molecular flexibility index (Phi) is 7.73. The first-order chi connectivity index (χ1) is 15.6. The number of ether oxygens (including phenoxy) is 2. The maximum atomic E-state index is 12.3. The fraction of sp³-hybridized carbons (Fsp3) is 0.545. The zero-order valence-corrected chi connectivity index (χ0v) is 19.9. The Morgan fingerprint density at radius 1 is 1.26 bits per heavy atom. The Labute approximate surface area is 194 Å². The molecule has 9 N–H and O–H groups in total. The van der Waals surface area contributed by atoms with E-state index in [0.29, 0.717) is 0 Å². The van der Waals surface area contributed by atoms with Gasteiger partial charge in [0.2, 0.25) is 0 Å². The number of phosphoric acid groups is 3. The summed E-state index contributed by atoms with van der Waals surface area (Å²) in [7, 11) is -17.1. The number of hydrogen-bond acceptors (Lipinski definition) is 14. The molecule has 1 saturated heterocycles. The fourth-order valence-electron chi connectivity index (χ4n) is 3.10. The number of aromatic nitrogens is 2. The highest BCUT2D eigenvalue weighted by atomic mass is 32.1. The molecular formula is C11H17N6O13P3S. The summed E-state index contributed by atoms with van der Waals surface area (Å²) in [5, 5.41) is 22.3. The van der Waals surface area contributed by atoms with E-state index in [1.54, 1.807) is 0 Å². The van der Waals surface area contributed by atoms with Crippen molar-refractivity contribution >= 4 is 47.3 Å². The van der Waals surface area contributed by atoms with E-state index in [9.17, 15) is 28.6 Å². The van der Waals surface area contributed by atoms with Crippen LogP contribution in [0.15, 0.2) is 4.99 Å². The minimum atomic E-state index is -5.82. The Hall–Kier alpha value is -1.68. The number of fused-ring (bicyclic) bond motifs is 1. The molecule has 0 bridgehead atoms. The predicted molar refractivity (Wildman–Crippen MR) is 109 cm³/mol. The molecule has 23 heteroatoms. The summed E-state index contributed by atoms with van der Waals surface area (Å²) in [5.74, 6) is 0.320. The molecule has 0 aliphatic carbocycles. The number of aliphatic hydroxyl groups excluding tert-OH is 1. The molecule has 2 unspecified atom stereocenters. The van der Waals surface area contributed by atoms with Crippen molar-refractivity contribution in [3.05, 3.63) is 10.5 Å². The third-order valence-corrected chi connectivity index (χ3v) is 8.36. The van der Waals surface area contributed by atoms with Gasteiger partial charge >= 0.3 is 23.5 Å². The van der Waals surface area contributed by atoms with E-state index >= 15 is 0 Å². The van der Waals surface area contributed by atoms with Gasteiger partial charge in [-0.25, -0.2) is 18.7 Å². The Morgan fingerprint density at radius 2 is 1.94 bits per heavy atom. The lowest BCUT2D eigenvalue weighted by Gasteiger charge is -2.24. The third-order valence-electron chi connectivity index (χ3n) is 4.23. The van der Waals surface area contributed by atoms with Crippen LogP contribution in [0.1, 0.15) is 11.9 Å². The maximum absolute atomic E-state index is 12.3. The zero-order chi connectivity index (χ0) is 25.5. The number of amidine groups is 1. The van der Waals surface area contributed by atoms with Gasteiger partial charge in [-0.1, -0.05) is 0 Å². The summed E-state index contributed by atoms with van der Waals surface area (Å²) < 4.78 is 58.0. The summed E-state index contributed by atoms with van der Waals surface area (Å²) in [6.07, 6.45) is -5.26. The predicted octanol–water partition coefficient (Wildman–Crippen LogP) is -0.898. The van der Waals surface area contributed by atoms with Crippen LogP contribution in [-0.4, -0.2) is 71.7 Å². The van der Waals surface area contributed by atoms with Gasteiger partial charge in [0.05, 0.1) is 0 Å². The second kappa shape index (κ2) is 9.76. The van der Waals surface area contributed by atoms with Gasteiger partial charge in [-0.2, -0.15) is 13.9 Å². The van der Waals surface area contributed by atoms with E-state index in [1.165, 1.54) is 10.8 Å². The van der Waals surface area contributed by atoms with E-state index in [0.717, 1.165) is 0 Å². The Bertz CT molecular complexity index is 1220. The van der Waals surface area contributed by atoms with Crippen LogP contribution in [0.4, 0.5) is 5.82 Å². The van der Waals surface area contributed by atoms with E-state index in [1.807, 2.05) is 0 Å². The second-order valence-electron chi connectivity index (χ2n) is 6.52. The van der Waals surface area contributed by atoms with Crippen molar-refractivity contribution in [1.82, 2.24) is 9.55 Å². The normalized spacial score (nSPS) is 28.1. The highest BCUT2D eigenvalue weighted by molar-refractivity contribution is 7.71. The van der Waals surface area contributed by atoms with E-state index in [-0.39, 0.29) is 28.8 Å². The van der Waals surface area contributed by atoms with Crippen molar-refractivity contribution in [2.45, 2.75) is 24.5 Å². The highest BCUT2D eigenvalue weighted by Gasteiger charge is 2.52. The lowest BCUT2D eigenvalue weighted by atomic mass is 10.1. The SMILES string of the molecule is N#COC[C@H]1O[C@@H](n2c3c([nH]c2=S)C(N)=NCN3)[C@H](O)[C@@H]1OP(=O)(O)OP(=O)(O)OP(=O)(O)O. The summed E-state index contributed by atoms with van der Waals surface area (Å²) in [5.41, 5.74) is 6.06. The Balaban J connectivity index is 1.89. The van der Waals surface area contributed by atoms with Crippen LogP contribution in [0.3, 0.4) is 0 Å².